The zero-order valence-electron chi connectivity index (χ0n) is 12.6. The molecule has 0 bridgehead atoms. The Labute approximate surface area is 131 Å². The van der Waals surface area contributed by atoms with Gasteiger partial charge in [-0.3, -0.25) is 0 Å². The highest BCUT2D eigenvalue weighted by Gasteiger charge is 2.25. The highest BCUT2D eigenvalue weighted by Crippen LogP contribution is 2.34. The number of hydrazine groups is 2. The number of anilines is 2. The molecule has 0 saturated heterocycles. The lowest BCUT2D eigenvalue weighted by Crippen LogP contribution is -2.46. The van der Waals surface area contributed by atoms with E-state index < -0.39 is 18.0 Å². The van der Waals surface area contributed by atoms with Crippen LogP contribution < -0.4 is 37.9 Å². The molecule has 0 aliphatic carbocycles. The zero-order valence-corrected chi connectivity index (χ0v) is 12.6. The van der Waals surface area contributed by atoms with Gasteiger partial charge in [-0.25, -0.2) is 36.1 Å². The van der Waals surface area contributed by atoms with Crippen molar-refractivity contribution < 1.29 is 23.9 Å². The van der Waals surface area contributed by atoms with Crippen molar-refractivity contribution in [2.75, 3.05) is 23.7 Å². The van der Waals surface area contributed by atoms with Crippen LogP contribution in [0, 0.1) is 0 Å². The van der Waals surface area contributed by atoms with E-state index in [0.717, 1.165) is 6.07 Å². The minimum Gasteiger partial charge on any atom is -0.496 e. The number of amides is 4. The molecule has 0 aliphatic rings. The summed E-state index contributed by atoms with van der Waals surface area (Å²) in [4.78, 5) is 34.6. The minimum atomic E-state index is -1.05. The first kappa shape index (κ1) is 18.0. The molecule has 0 fully saturated rings. The minimum absolute atomic E-state index is 0.0387. The predicted molar refractivity (Wildman–Crippen MR) is 81.5 cm³/mol. The Morgan fingerprint density at radius 3 is 1.91 bits per heavy atom. The molecule has 4 amide bonds. The number of primary amides is 2. The zero-order chi connectivity index (χ0) is 17.7. The van der Waals surface area contributed by atoms with E-state index in [-0.39, 0.29) is 29.3 Å². The SMILES string of the molecule is CCOC(=O)c1cc(N(N)C(N)=O)c(N(N)C(N)=O)cc1OC. The van der Waals surface area contributed by atoms with E-state index in [4.69, 9.17) is 32.6 Å². The number of rotatable bonds is 5. The molecule has 11 heteroatoms. The van der Waals surface area contributed by atoms with Crippen LogP contribution in [0.2, 0.25) is 0 Å². The number of hydrogen-bond acceptors (Lipinski definition) is 7. The number of nitrogens with two attached hydrogens (primary N) is 4. The van der Waals surface area contributed by atoms with E-state index in [0.29, 0.717) is 10.0 Å². The molecule has 126 valence electrons. The van der Waals surface area contributed by atoms with Gasteiger partial charge in [-0.1, -0.05) is 0 Å². The maximum absolute atomic E-state index is 12.0. The smallest absolute Gasteiger partial charge is 0.341 e. The van der Waals surface area contributed by atoms with Gasteiger partial charge in [-0.15, -0.1) is 0 Å². The van der Waals surface area contributed by atoms with Gasteiger partial charge in [-0.05, 0) is 13.0 Å². The molecular formula is C12H18N6O5. The highest BCUT2D eigenvalue weighted by molar-refractivity contribution is 6.03. The van der Waals surface area contributed by atoms with Gasteiger partial charge in [0, 0.05) is 6.07 Å². The topological polar surface area (TPSA) is 180 Å². The number of hydrogen-bond donors (Lipinski definition) is 4. The molecule has 0 aromatic heterocycles. The van der Waals surface area contributed by atoms with Gasteiger partial charge in [0.1, 0.15) is 11.3 Å². The van der Waals surface area contributed by atoms with Crippen LogP contribution in [0.3, 0.4) is 0 Å². The summed E-state index contributed by atoms with van der Waals surface area (Å²) in [5, 5.41) is 1.02. The molecular weight excluding hydrogens is 308 g/mol. The van der Waals surface area contributed by atoms with Crippen LogP contribution in [0.25, 0.3) is 0 Å². The second-order valence-corrected chi connectivity index (χ2v) is 4.18. The van der Waals surface area contributed by atoms with E-state index in [1.54, 1.807) is 6.92 Å². The Morgan fingerprint density at radius 1 is 1.04 bits per heavy atom. The number of carbonyl (C=O) groups is 3. The highest BCUT2D eigenvalue weighted by atomic mass is 16.5. The summed E-state index contributed by atoms with van der Waals surface area (Å²) in [6, 6.07) is 0.272. The van der Waals surface area contributed by atoms with E-state index in [9.17, 15) is 14.4 Å². The summed E-state index contributed by atoms with van der Waals surface area (Å²) >= 11 is 0. The fourth-order valence-electron chi connectivity index (χ4n) is 1.72. The molecule has 0 atom stereocenters. The lowest BCUT2D eigenvalue weighted by atomic mass is 10.1. The molecule has 1 aromatic carbocycles. The summed E-state index contributed by atoms with van der Waals surface area (Å²) in [6.07, 6.45) is 0. The predicted octanol–water partition coefficient (Wildman–Crippen LogP) is -0.610. The van der Waals surface area contributed by atoms with Crippen molar-refractivity contribution in [3.8, 4) is 5.75 Å². The van der Waals surface area contributed by atoms with Crippen molar-refractivity contribution in [2.24, 2.45) is 23.2 Å². The van der Waals surface area contributed by atoms with Crippen LogP contribution >= 0.6 is 0 Å². The van der Waals surface area contributed by atoms with Crippen molar-refractivity contribution in [1.82, 2.24) is 0 Å². The maximum Gasteiger partial charge on any atom is 0.341 e. The van der Waals surface area contributed by atoms with Crippen LogP contribution in [-0.4, -0.2) is 31.7 Å². The number of urea groups is 2. The van der Waals surface area contributed by atoms with Crippen LogP contribution in [0.4, 0.5) is 21.0 Å². The lowest BCUT2D eigenvalue weighted by molar-refractivity contribution is 0.0522. The fourth-order valence-corrected chi connectivity index (χ4v) is 1.72. The molecule has 0 aliphatic heterocycles. The summed E-state index contributed by atoms with van der Waals surface area (Å²) < 4.78 is 9.95. The molecule has 0 radical (unpaired) electrons. The number of esters is 1. The quantitative estimate of drug-likeness (QED) is 0.241. The molecule has 1 rings (SSSR count). The molecule has 0 heterocycles. The van der Waals surface area contributed by atoms with E-state index in [2.05, 4.69) is 0 Å². The van der Waals surface area contributed by atoms with Gasteiger partial charge in [0.05, 0.1) is 25.1 Å². The molecule has 8 N–H and O–H groups in total. The number of methoxy groups -OCH3 is 1. The first-order valence-electron chi connectivity index (χ1n) is 6.32. The number of ether oxygens (including phenoxy) is 2. The molecule has 1 aromatic rings. The monoisotopic (exact) mass is 326 g/mol. The number of carbonyl (C=O) groups excluding carboxylic acids is 3. The molecule has 0 spiro atoms. The molecule has 0 unspecified atom stereocenters. The van der Waals surface area contributed by atoms with Gasteiger partial charge in [0.25, 0.3) is 0 Å². The normalized spacial score (nSPS) is 9.91. The third-order valence-corrected chi connectivity index (χ3v) is 2.79. The Kier molecular flexibility index (Phi) is 5.70. The van der Waals surface area contributed by atoms with E-state index in [1.165, 1.54) is 13.2 Å². The summed E-state index contributed by atoms with van der Waals surface area (Å²) in [5.74, 6) is 10.4. The average molecular weight is 326 g/mol. The molecule has 23 heavy (non-hydrogen) atoms. The van der Waals surface area contributed by atoms with Crippen molar-refractivity contribution in [3.05, 3.63) is 17.7 Å². The van der Waals surface area contributed by atoms with Gasteiger partial charge in [0.2, 0.25) is 0 Å². The van der Waals surface area contributed by atoms with Crippen LogP contribution in [0.1, 0.15) is 17.3 Å². The number of nitrogens with zero attached hydrogens (tertiary/aromatic N) is 2. The van der Waals surface area contributed by atoms with Crippen LogP contribution in [-0.2, 0) is 4.74 Å². The summed E-state index contributed by atoms with van der Waals surface area (Å²) in [6.45, 7) is 1.73. The van der Waals surface area contributed by atoms with Crippen LogP contribution in [0.15, 0.2) is 12.1 Å². The summed E-state index contributed by atoms with van der Waals surface area (Å²) in [5.41, 5.74) is 9.94. The van der Waals surface area contributed by atoms with E-state index >= 15 is 0 Å². The first-order chi connectivity index (χ1) is 10.7. The lowest BCUT2D eigenvalue weighted by Gasteiger charge is -2.24. The summed E-state index contributed by atoms with van der Waals surface area (Å²) in [7, 11) is 1.29. The third kappa shape index (κ3) is 3.78. The van der Waals surface area contributed by atoms with Crippen molar-refractivity contribution >= 4 is 29.4 Å². The Hall–Kier alpha value is -3.05. The second-order valence-electron chi connectivity index (χ2n) is 4.18. The standard InChI is InChI=1S/C12H18N6O5/c1-3-23-10(19)6-4-7(17(15)11(13)20)8(5-9(6)22-2)18(16)12(14)21/h4-5H,3,15-16H2,1-2H3,(H2,13,20)(H2,14,21). The first-order valence-corrected chi connectivity index (χ1v) is 6.32. The van der Waals surface area contributed by atoms with Crippen molar-refractivity contribution in [2.45, 2.75) is 6.92 Å². The molecule has 0 saturated carbocycles. The Morgan fingerprint density at radius 2 is 1.52 bits per heavy atom. The fraction of sp³-hybridized carbons (Fsp3) is 0.250. The van der Waals surface area contributed by atoms with Gasteiger partial charge in [0.15, 0.2) is 0 Å². The van der Waals surface area contributed by atoms with Crippen molar-refractivity contribution in [3.63, 3.8) is 0 Å². The van der Waals surface area contributed by atoms with E-state index in [1.807, 2.05) is 0 Å². The largest absolute Gasteiger partial charge is 0.496 e. The number of benzene rings is 1. The van der Waals surface area contributed by atoms with Crippen LogP contribution in [0.5, 0.6) is 5.75 Å². The van der Waals surface area contributed by atoms with Gasteiger partial charge >= 0.3 is 18.0 Å². The van der Waals surface area contributed by atoms with Gasteiger partial charge < -0.3 is 20.9 Å². The van der Waals surface area contributed by atoms with Gasteiger partial charge in [-0.2, -0.15) is 0 Å². The van der Waals surface area contributed by atoms with Crippen molar-refractivity contribution in [1.29, 1.82) is 0 Å². The Bertz CT molecular complexity index is 635. The molecule has 11 nitrogen and oxygen atoms in total. The maximum atomic E-state index is 12.0. The third-order valence-electron chi connectivity index (χ3n) is 2.79. The Balaban J connectivity index is 3.59. The average Bonchev–Trinajstić information content (AvgIpc) is 2.52. The second kappa shape index (κ2) is 7.29.